The molecule has 0 aliphatic rings. The molecule has 1 N–H and O–H groups in total. The van der Waals surface area contributed by atoms with Gasteiger partial charge in [0.2, 0.25) is 0 Å². The van der Waals surface area contributed by atoms with E-state index in [1.807, 2.05) is 25.2 Å². The standard InChI is InChI=1S/C9H12BrNS/c1-11-9(6-12)7-4-2-3-5-8(7)10/h2-5,9,11-12H,6H2,1H3. The second-order valence-electron chi connectivity index (χ2n) is 2.55. The maximum absolute atomic E-state index is 4.27. The van der Waals surface area contributed by atoms with E-state index in [2.05, 4.69) is 39.9 Å². The van der Waals surface area contributed by atoms with Crippen molar-refractivity contribution in [2.45, 2.75) is 6.04 Å². The Bertz CT molecular complexity index is 248. The Morgan fingerprint density at radius 1 is 1.50 bits per heavy atom. The van der Waals surface area contributed by atoms with Crippen molar-refractivity contribution < 1.29 is 0 Å². The van der Waals surface area contributed by atoms with Crippen LogP contribution < -0.4 is 5.32 Å². The lowest BCUT2D eigenvalue weighted by atomic mass is 10.1. The molecule has 0 aliphatic heterocycles. The summed E-state index contributed by atoms with van der Waals surface area (Å²) < 4.78 is 1.14. The van der Waals surface area contributed by atoms with Crippen LogP contribution in [0.5, 0.6) is 0 Å². The summed E-state index contributed by atoms with van der Waals surface area (Å²) in [5.74, 6) is 0.805. The minimum atomic E-state index is 0.323. The van der Waals surface area contributed by atoms with Gasteiger partial charge in [-0.1, -0.05) is 34.1 Å². The first-order valence-corrected chi connectivity index (χ1v) is 5.24. The summed E-state index contributed by atoms with van der Waals surface area (Å²) in [4.78, 5) is 0. The lowest BCUT2D eigenvalue weighted by molar-refractivity contribution is 0.660. The molecule has 1 aromatic rings. The molecular formula is C9H12BrNS. The van der Waals surface area contributed by atoms with Gasteiger partial charge in [-0.15, -0.1) is 0 Å². The second kappa shape index (κ2) is 4.90. The summed E-state index contributed by atoms with van der Waals surface area (Å²) in [7, 11) is 1.94. The number of nitrogens with one attached hydrogen (secondary N) is 1. The summed E-state index contributed by atoms with van der Waals surface area (Å²) in [5, 5.41) is 3.20. The molecule has 1 nitrogen and oxygen atoms in total. The second-order valence-corrected chi connectivity index (χ2v) is 3.76. The SMILES string of the molecule is CNC(CS)c1ccccc1Br. The lowest BCUT2D eigenvalue weighted by Crippen LogP contribution is -2.18. The Balaban J connectivity index is 2.92. The van der Waals surface area contributed by atoms with Gasteiger partial charge in [-0.25, -0.2) is 0 Å². The van der Waals surface area contributed by atoms with E-state index >= 15 is 0 Å². The summed E-state index contributed by atoms with van der Waals surface area (Å²) in [6.45, 7) is 0. The molecule has 12 heavy (non-hydrogen) atoms. The van der Waals surface area contributed by atoms with Crippen LogP contribution in [0.15, 0.2) is 28.7 Å². The van der Waals surface area contributed by atoms with Gasteiger partial charge in [0.05, 0.1) is 0 Å². The first-order chi connectivity index (χ1) is 5.79. The molecule has 66 valence electrons. The first kappa shape index (κ1) is 10.1. The normalized spacial score (nSPS) is 12.9. The molecule has 0 spiro atoms. The van der Waals surface area contributed by atoms with Crippen molar-refractivity contribution in [3.05, 3.63) is 34.3 Å². The third-order valence-corrected chi connectivity index (χ3v) is 2.90. The Morgan fingerprint density at radius 3 is 2.67 bits per heavy atom. The smallest absolute Gasteiger partial charge is 0.0418 e. The van der Waals surface area contributed by atoms with Gasteiger partial charge in [0.1, 0.15) is 0 Å². The zero-order chi connectivity index (χ0) is 8.97. The predicted molar refractivity (Wildman–Crippen MR) is 59.8 cm³/mol. The van der Waals surface area contributed by atoms with Crippen LogP contribution in [0.25, 0.3) is 0 Å². The van der Waals surface area contributed by atoms with Gasteiger partial charge in [-0.05, 0) is 18.7 Å². The van der Waals surface area contributed by atoms with Crippen molar-refractivity contribution in [3.8, 4) is 0 Å². The molecule has 0 saturated heterocycles. The Hall–Kier alpha value is 0.01000. The molecule has 1 atom stereocenters. The average molecular weight is 246 g/mol. The van der Waals surface area contributed by atoms with Crippen LogP contribution in [-0.4, -0.2) is 12.8 Å². The maximum Gasteiger partial charge on any atom is 0.0418 e. The van der Waals surface area contributed by atoms with Crippen LogP contribution in [0, 0.1) is 0 Å². The van der Waals surface area contributed by atoms with Crippen LogP contribution >= 0.6 is 28.6 Å². The fraction of sp³-hybridized carbons (Fsp3) is 0.333. The van der Waals surface area contributed by atoms with E-state index in [4.69, 9.17) is 0 Å². The number of hydrogen-bond acceptors (Lipinski definition) is 2. The van der Waals surface area contributed by atoms with E-state index < -0.39 is 0 Å². The molecule has 0 saturated carbocycles. The fourth-order valence-electron chi connectivity index (χ4n) is 1.10. The van der Waals surface area contributed by atoms with Crippen LogP contribution in [0.4, 0.5) is 0 Å². The number of thiol groups is 1. The summed E-state index contributed by atoms with van der Waals surface area (Å²) >= 11 is 7.78. The maximum atomic E-state index is 4.27. The quantitative estimate of drug-likeness (QED) is 0.781. The van der Waals surface area contributed by atoms with E-state index in [1.165, 1.54) is 5.56 Å². The molecule has 0 fully saturated rings. The van der Waals surface area contributed by atoms with Crippen molar-refractivity contribution in [2.24, 2.45) is 0 Å². The summed E-state index contributed by atoms with van der Waals surface area (Å²) in [6, 6.07) is 8.51. The largest absolute Gasteiger partial charge is 0.312 e. The molecule has 3 heteroatoms. The zero-order valence-electron chi connectivity index (χ0n) is 6.92. The van der Waals surface area contributed by atoms with E-state index in [1.54, 1.807) is 0 Å². The third-order valence-electron chi connectivity index (χ3n) is 1.81. The van der Waals surface area contributed by atoms with Crippen LogP contribution in [-0.2, 0) is 0 Å². The molecule has 1 aromatic carbocycles. The highest BCUT2D eigenvalue weighted by atomic mass is 79.9. The summed E-state index contributed by atoms with van der Waals surface area (Å²) in [6.07, 6.45) is 0. The molecule has 0 radical (unpaired) electrons. The van der Waals surface area contributed by atoms with Gasteiger partial charge in [0, 0.05) is 16.3 Å². The summed E-state index contributed by atoms with van der Waals surface area (Å²) in [5.41, 5.74) is 1.26. The van der Waals surface area contributed by atoms with Gasteiger partial charge in [-0.3, -0.25) is 0 Å². The molecule has 0 aliphatic carbocycles. The van der Waals surface area contributed by atoms with Crippen LogP contribution in [0.3, 0.4) is 0 Å². The highest BCUT2D eigenvalue weighted by Crippen LogP contribution is 2.23. The molecule has 1 rings (SSSR count). The van der Waals surface area contributed by atoms with Gasteiger partial charge >= 0.3 is 0 Å². The first-order valence-electron chi connectivity index (χ1n) is 3.82. The van der Waals surface area contributed by atoms with Gasteiger partial charge in [-0.2, -0.15) is 12.6 Å². The van der Waals surface area contributed by atoms with Crippen molar-refractivity contribution in [1.29, 1.82) is 0 Å². The minimum Gasteiger partial charge on any atom is -0.312 e. The minimum absolute atomic E-state index is 0.323. The lowest BCUT2D eigenvalue weighted by Gasteiger charge is -2.14. The Labute approximate surface area is 87.1 Å². The van der Waals surface area contributed by atoms with Gasteiger partial charge < -0.3 is 5.32 Å². The van der Waals surface area contributed by atoms with Crippen molar-refractivity contribution in [2.75, 3.05) is 12.8 Å². The monoisotopic (exact) mass is 245 g/mol. The number of rotatable bonds is 3. The van der Waals surface area contributed by atoms with Crippen molar-refractivity contribution in [1.82, 2.24) is 5.32 Å². The predicted octanol–water partition coefficient (Wildman–Crippen LogP) is 2.64. The van der Waals surface area contributed by atoms with Crippen LogP contribution in [0.1, 0.15) is 11.6 Å². The molecule has 0 heterocycles. The average Bonchev–Trinajstić information content (AvgIpc) is 2.10. The highest BCUT2D eigenvalue weighted by Gasteiger charge is 2.08. The fourth-order valence-corrected chi connectivity index (χ4v) is 2.04. The Morgan fingerprint density at radius 2 is 2.17 bits per heavy atom. The van der Waals surface area contributed by atoms with Crippen molar-refractivity contribution >= 4 is 28.6 Å². The zero-order valence-corrected chi connectivity index (χ0v) is 9.40. The highest BCUT2D eigenvalue weighted by molar-refractivity contribution is 9.10. The van der Waals surface area contributed by atoms with E-state index in [9.17, 15) is 0 Å². The molecule has 0 amide bonds. The number of halogens is 1. The molecule has 0 bridgehead atoms. The van der Waals surface area contributed by atoms with E-state index in [-0.39, 0.29) is 0 Å². The number of benzene rings is 1. The molecular weight excluding hydrogens is 234 g/mol. The number of hydrogen-bond donors (Lipinski definition) is 2. The van der Waals surface area contributed by atoms with E-state index in [0.717, 1.165) is 10.2 Å². The van der Waals surface area contributed by atoms with Gasteiger partial charge in [0.15, 0.2) is 0 Å². The van der Waals surface area contributed by atoms with Crippen LogP contribution in [0.2, 0.25) is 0 Å². The molecule has 0 aromatic heterocycles. The topological polar surface area (TPSA) is 12.0 Å². The molecule has 1 unspecified atom stereocenters. The van der Waals surface area contributed by atoms with Crippen molar-refractivity contribution in [3.63, 3.8) is 0 Å². The Kier molecular flexibility index (Phi) is 4.12. The van der Waals surface area contributed by atoms with E-state index in [0.29, 0.717) is 6.04 Å². The van der Waals surface area contributed by atoms with Gasteiger partial charge in [0.25, 0.3) is 0 Å². The third kappa shape index (κ3) is 2.25.